The Bertz CT molecular complexity index is 883. The molecule has 2 aromatic carbocycles. The highest BCUT2D eigenvalue weighted by molar-refractivity contribution is 7.09. The van der Waals surface area contributed by atoms with Gasteiger partial charge >= 0.3 is 0 Å². The van der Waals surface area contributed by atoms with Crippen LogP contribution in [0.1, 0.15) is 15.4 Å². The molecule has 5 nitrogen and oxygen atoms in total. The molecular formula is C19H18N2O3S. The van der Waals surface area contributed by atoms with Gasteiger partial charge in [-0.05, 0) is 25.1 Å². The standard InChI is InChI=1S/C19H18N2O3S/c1-12-20-18(11-25-12)16-6-4-5-7-17(16)21-19(22)13-8-14(23-2)10-15(9-13)24-3/h4-11H,1-3H3,(H,21,22). The normalized spacial score (nSPS) is 10.4. The Labute approximate surface area is 150 Å². The number of amides is 1. The van der Waals surface area contributed by atoms with Crippen LogP contribution in [-0.2, 0) is 0 Å². The van der Waals surface area contributed by atoms with Gasteiger partial charge in [-0.3, -0.25) is 4.79 Å². The Morgan fingerprint density at radius 2 is 1.76 bits per heavy atom. The Kier molecular flexibility index (Phi) is 5.00. The van der Waals surface area contributed by atoms with Crippen molar-refractivity contribution in [3.05, 3.63) is 58.4 Å². The highest BCUT2D eigenvalue weighted by Crippen LogP contribution is 2.30. The SMILES string of the molecule is COc1cc(OC)cc(C(=O)Nc2ccccc2-c2csc(C)n2)c1. The Hall–Kier alpha value is -2.86. The topological polar surface area (TPSA) is 60.5 Å². The van der Waals surface area contributed by atoms with Gasteiger partial charge in [-0.25, -0.2) is 4.98 Å². The zero-order chi connectivity index (χ0) is 17.8. The number of hydrogen-bond donors (Lipinski definition) is 1. The predicted octanol–water partition coefficient (Wildman–Crippen LogP) is 4.39. The molecule has 0 bridgehead atoms. The minimum atomic E-state index is -0.239. The van der Waals surface area contributed by atoms with Gasteiger partial charge in [0.2, 0.25) is 0 Å². The van der Waals surface area contributed by atoms with Crippen LogP contribution in [0.15, 0.2) is 47.8 Å². The van der Waals surface area contributed by atoms with Gasteiger partial charge < -0.3 is 14.8 Å². The molecule has 0 unspecified atom stereocenters. The molecule has 0 spiro atoms. The number of benzene rings is 2. The summed E-state index contributed by atoms with van der Waals surface area (Å²) in [6.07, 6.45) is 0. The van der Waals surface area contributed by atoms with Gasteiger partial charge in [0.25, 0.3) is 5.91 Å². The first kappa shape index (κ1) is 17.0. The zero-order valence-electron chi connectivity index (χ0n) is 14.2. The van der Waals surface area contributed by atoms with Crippen LogP contribution in [0.3, 0.4) is 0 Å². The van der Waals surface area contributed by atoms with Crippen molar-refractivity contribution in [2.75, 3.05) is 19.5 Å². The number of hydrogen-bond acceptors (Lipinski definition) is 5. The van der Waals surface area contributed by atoms with E-state index < -0.39 is 0 Å². The summed E-state index contributed by atoms with van der Waals surface area (Å²) in [6, 6.07) is 12.7. The molecule has 0 atom stereocenters. The third kappa shape index (κ3) is 3.80. The summed E-state index contributed by atoms with van der Waals surface area (Å²) >= 11 is 1.58. The van der Waals surface area contributed by atoms with E-state index in [1.54, 1.807) is 43.8 Å². The van der Waals surface area contributed by atoms with Gasteiger partial charge in [-0.2, -0.15) is 0 Å². The molecule has 1 aromatic heterocycles. The summed E-state index contributed by atoms with van der Waals surface area (Å²) in [4.78, 5) is 17.2. The summed E-state index contributed by atoms with van der Waals surface area (Å²) in [7, 11) is 3.10. The van der Waals surface area contributed by atoms with Gasteiger partial charge in [0.15, 0.2) is 0 Å². The summed E-state index contributed by atoms with van der Waals surface area (Å²) in [5, 5.41) is 5.91. The van der Waals surface area contributed by atoms with E-state index in [9.17, 15) is 4.79 Å². The number of carbonyl (C=O) groups is 1. The molecule has 1 heterocycles. The summed E-state index contributed by atoms with van der Waals surface area (Å²) < 4.78 is 10.4. The first-order chi connectivity index (χ1) is 12.1. The van der Waals surface area contributed by atoms with Crippen LogP contribution in [-0.4, -0.2) is 25.1 Å². The Balaban J connectivity index is 1.92. The fraction of sp³-hybridized carbons (Fsp3) is 0.158. The first-order valence-electron chi connectivity index (χ1n) is 7.66. The van der Waals surface area contributed by atoms with Crippen LogP contribution in [0.25, 0.3) is 11.3 Å². The van der Waals surface area contributed by atoms with E-state index in [1.807, 2.05) is 36.6 Å². The van der Waals surface area contributed by atoms with Crippen LogP contribution in [0.2, 0.25) is 0 Å². The first-order valence-corrected chi connectivity index (χ1v) is 8.54. The number of para-hydroxylation sites is 1. The molecule has 0 aliphatic rings. The minimum absolute atomic E-state index is 0.239. The van der Waals surface area contributed by atoms with Gasteiger partial charge in [0.1, 0.15) is 11.5 Å². The van der Waals surface area contributed by atoms with Gasteiger partial charge in [-0.1, -0.05) is 18.2 Å². The molecule has 1 N–H and O–H groups in total. The maximum atomic E-state index is 12.7. The smallest absolute Gasteiger partial charge is 0.255 e. The zero-order valence-corrected chi connectivity index (χ0v) is 15.0. The quantitative estimate of drug-likeness (QED) is 0.738. The van der Waals surface area contributed by atoms with E-state index in [4.69, 9.17) is 9.47 Å². The molecule has 0 saturated carbocycles. The summed E-state index contributed by atoms with van der Waals surface area (Å²) in [5.74, 6) is 0.887. The fourth-order valence-electron chi connectivity index (χ4n) is 2.44. The number of rotatable bonds is 5. The Morgan fingerprint density at radius 3 is 2.36 bits per heavy atom. The van der Waals surface area contributed by atoms with E-state index in [1.165, 1.54) is 0 Å². The lowest BCUT2D eigenvalue weighted by Gasteiger charge is -2.11. The predicted molar refractivity (Wildman–Crippen MR) is 99.8 cm³/mol. The average molecular weight is 354 g/mol. The molecule has 25 heavy (non-hydrogen) atoms. The largest absolute Gasteiger partial charge is 0.497 e. The van der Waals surface area contributed by atoms with Crippen molar-refractivity contribution in [1.29, 1.82) is 0 Å². The minimum Gasteiger partial charge on any atom is -0.497 e. The number of nitrogens with zero attached hydrogens (tertiary/aromatic N) is 1. The molecular weight excluding hydrogens is 336 g/mol. The Morgan fingerprint density at radius 1 is 1.08 bits per heavy atom. The number of thiazole rings is 1. The second kappa shape index (κ2) is 7.36. The van der Waals surface area contributed by atoms with Crippen molar-refractivity contribution >= 4 is 22.9 Å². The van der Waals surface area contributed by atoms with Crippen molar-refractivity contribution in [2.24, 2.45) is 0 Å². The van der Waals surface area contributed by atoms with Crippen LogP contribution >= 0.6 is 11.3 Å². The van der Waals surface area contributed by atoms with Crippen molar-refractivity contribution in [1.82, 2.24) is 4.98 Å². The van der Waals surface area contributed by atoms with E-state index >= 15 is 0 Å². The maximum Gasteiger partial charge on any atom is 0.255 e. The van der Waals surface area contributed by atoms with E-state index in [-0.39, 0.29) is 5.91 Å². The molecule has 0 aliphatic carbocycles. The highest BCUT2D eigenvalue weighted by Gasteiger charge is 2.14. The maximum absolute atomic E-state index is 12.7. The van der Waals surface area contributed by atoms with Crippen LogP contribution in [0, 0.1) is 6.92 Å². The van der Waals surface area contributed by atoms with E-state index in [0.29, 0.717) is 22.7 Å². The van der Waals surface area contributed by atoms with Crippen LogP contribution < -0.4 is 14.8 Å². The molecule has 6 heteroatoms. The fourth-order valence-corrected chi connectivity index (χ4v) is 3.05. The van der Waals surface area contributed by atoms with Crippen molar-refractivity contribution in [3.8, 4) is 22.8 Å². The lowest BCUT2D eigenvalue weighted by atomic mass is 10.1. The number of methoxy groups -OCH3 is 2. The lowest BCUT2D eigenvalue weighted by Crippen LogP contribution is -2.13. The van der Waals surface area contributed by atoms with E-state index in [0.717, 1.165) is 16.3 Å². The number of aryl methyl sites for hydroxylation is 1. The molecule has 0 aliphatic heterocycles. The molecule has 3 rings (SSSR count). The van der Waals surface area contributed by atoms with Gasteiger partial charge in [-0.15, -0.1) is 11.3 Å². The molecule has 3 aromatic rings. The van der Waals surface area contributed by atoms with E-state index in [2.05, 4.69) is 10.3 Å². The van der Waals surface area contributed by atoms with Gasteiger partial charge in [0, 0.05) is 22.6 Å². The van der Waals surface area contributed by atoms with Crippen LogP contribution in [0.4, 0.5) is 5.69 Å². The number of carbonyl (C=O) groups excluding carboxylic acids is 1. The van der Waals surface area contributed by atoms with Crippen molar-refractivity contribution in [3.63, 3.8) is 0 Å². The number of anilines is 1. The monoisotopic (exact) mass is 354 g/mol. The van der Waals surface area contributed by atoms with Gasteiger partial charge in [0.05, 0.1) is 30.6 Å². The third-order valence-electron chi connectivity index (χ3n) is 3.68. The number of ether oxygens (including phenoxy) is 2. The third-order valence-corrected chi connectivity index (χ3v) is 4.46. The molecule has 0 fully saturated rings. The second-order valence-corrected chi connectivity index (χ2v) is 6.42. The second-order valence-electron chi connectivity index (χ2n) is 5.35. The summed E-state index contributed by atoms with van der Waals surface area (Å²) in [6.45, 7) is 1.96. The average Bonchev–Trinajstić information content (AvgIpc) is 3.07. The molecule has 0 saturated heterocycles. The molecule has 0 radical (unpaired) electrons. The lowest BCUT2D eigenvalue weighted by molar-refractivity contribution is 0.102. The van der Waals surface area contributed by atoms with Crippen molar-refractivity contribution < 1.29 is 14.3 Å². The summed E-state index contributed by atoms with van der Waals surface area (Å²) in [5.41, 5.74) is 2.90. The number of nitrogens with one attached hydrogen (secondary N) is 1. The molecule has 1 amide bonds. The highest BCUT2D eigenvalue weighted by atomic mass is 32.1. The van der Waals surface area contributed by atoms with Crippen molar-refractivity contribution in [2.45, 2.75) is 6.92 Å². The van der Waals surface area contributed by atoms with Crippen LogP contribution in [0.5, 0.6) is 11.5 Å². The molecule has 128 valence electrons. The number of aromatic nitrogens is 1.